The van der Waals surface area contributed by atoms with E-state index in [1.165, 1.54) is 0 Å². The highest BCUT2D eigenvalue weighted by atomic mass is 15.3. The van der Waals surface area contributed by atoms with Gasteiger partial charge in [-0.3, -0.25) is 0 Å². The number of rotatable bonds is 7. The number of nitrogens with two attached hydrogens (primary N) is 1. The average molecular weight is 281 g/mol. The van der Waals surface area contributed by atoms with Crippen molar-refractivity contribution < 1.29 is 0 Å². The minimum atomic E-state index is 0.261. The summed E-state index contributed by atoms with van der Waals surface area (Å²) in [5.74, 6) is 2.03. The second-order valence-electron chi connectivity index (χ2n) is 5.83. The third-order valence-corrected chi connectivity index (χ3v) is 2.71. The molecule has 0 aliphatic heterocycles. The Morgan fingerprint density at radius 2 is 1.55 bits per heavy atom. The van der Waals surface area contributed by atoms with Crippen molar-refractivity contribution in [2.45, 2.75) is 13.8 Å². The van der Waals surface area contributed by atoms with Gasteiger partial charge in [-0.15, -0.1) is 0 Å². The van der Waals surface area contributed by atoms with Gasteiger partial charge in [-0.05, 0) is 20.0 Å². The van der Waals surface area contributed by atoms with Gasteiger partial charge in [-0.25, -0.2) is 0 Å². The largest absolute Gasteiger partial charge is 0.368 e. The fourth-order valence-corrected chi connectivity index (χ4v) is 1.75. The SMILES string of the molecule is CC(C)CN(CCN(C)C)c1nc(N)nc(N(C)C)n1. The fourth-order valence-electron chi connectivity index (χ4n) is 1.75. The van der Waals surface area contributed by atoms with Gasteiger partial charge in [-0.2, -0.15) is 15.0 Å². The summed E-state index contributed by atoms with van der Waals surface area (Å²) in [6.07, 6.45) is 0. The minimum Gasteiger partial charge on any atom is -0.368 e. The van der Waals surface area contributed by atoms with Crippen LogP contribution in [0.15, 0.2) is 0 Å². The van der Waals surface area contributed by atoms with Crippen LogP contribution in [-0.2, 0) is 0 Å². The molecule has 1 aromatic heterocycles. The topological polar surface area (TPSA) is 74.4 Å². The average Bonchev–Trinajstić information content (AvgIpc) is 2.32. The monoisotopic (exact) mass is 281 g/mol. The van der Waals surface area contributed by atoms with Crippen molar-refractivity contribution in [3.63, 3.8) is 0 Å². The Hall–Kier alpha value is -1.63. The molecule has 7 heteroatoms. The van der Waals surface area contributed by atoms with Gasteiger partial charge in [0.25, 0.3) is 0 Å². The van der Waals surface area contributed by atoms with E-state index >= 15 is 0 Å². The Labute approximate surface area is 121 Å². The number of hydrogen-bond acceptors (Lipinski definition) is 7. The molecule has 0 aliphatic carbocycles. The molecule has 0 saturated carbocycles. The maximum Gasteiger partial charge on any atom is 0.232 e. The second-order valence-corrected chi connectivity index (χ2v) is 5.83. The van der Waals surface area contributed by atoms with E-state index in [1.54, 1.807) is 0 Å². The molecule has 0 aromatic carbocycles. The number of aromatic nitrogens is 3. The van der Waals surface area contributed by atoms with Crippen LogP contribution in [0.2, 0.25) is 0 Å². The van der Waals surface area contributed by atoms with Gasteiger partial charge < -0.3 is 20.4 Å². The molecule has 1 aromatic rings. The zero-order valence-electron chi connectivity index (χ0n) is 13.5. The van der Waals surface area contributed by atoms with Gasteiger partial charge in [-0.1, -0.05) is 13.8 Å². The van der Waals surface area contributed by atoms with E-state index in [9.17, 15) is 0 Å². The maximum atomic E-state index is 5.80. The van der Waals surface area contributed by atoms with E-state index in [4.69, 9.17) is 5.73 Å². The number of nitrogens with zero attached hydrogens (tertiary/aromatic N) is 6. The third kappa shape index (κ3) is 5.16. The highest BCUT2D eigenvalue weighted by Crippen LogP contribution is 2.15. The lowest BCUT2D eigenvalue weighted by Crippen LogP contribution is -2.36. The van der Waals surface area contributed by atoms with Crippen LogP contribution >= 0.6 is 0 Å². The van der Waals surface area contributed by atoms with Crippen molar-refractivity contribution in [3.8, 4) is 0 Å². The summed E-state index contributed by atoms with van der Waals surface area (Å²) in [5.41, 5.74) is 5.80. The van der Waals surface area contributed by atoms with Crippen LogP contribution < -0.4 is 15.5 Å². The van der Waals surface area contributed by atoms with Crippen molar-refractivity contribution in [2.75, 3.05) is 63.4 Å². The zero-order valence-corrected chi connectivity index (χ0v) is 13.5. The third-order valence-electron chi connectivity index (χ3n) is 2.71. The zero-order chi connectivity index (χ0) is 15.3. The van der Waals surface area contributed by atoms with E-state index in [0.717, 1.165) is 19.6 Å². The molecule has 7 nitrogen and oxygen atoms in total. The first-order valence-corrected chi connectivity index (χ1v) is 6.88. The Morgan fingerprint density at radius 1 is 0.950 bits per heavy atom. The standard InChI is InChI=1S/C13H27N7/c1-10(2)9-20(8-7-18(3)4)13-16-11(14)15-12(17-13)19(5)6/h10H,7-9H2,1-6H3,(H2,14,15,16,17). The highest BCUT2D eigenvalue weighted by molar-refractivity contribution is 5.42. The first-order valence-electron chi connectivity index (χ1n) is 6.88. The van der Waals surface area contributed by atoms with Crippen LogP contribution in [-0.4, -0.2) is 67.7 Å². The molecular formula is C13H27N7. The molecule has 1 rings (SSSR count). The van der Waals surface area contributed by atoms with Crippen LogP contribution in [0.5, 0.6) is 0 Å². The van der Waals surface area contributed by atoms with Crippen LogP contribution in [0.25, 0.3) is 0 Å². The van der Waals surface area contributed by atoms with E-state index in [2.05, 4.69) is 52.7 Å². The summed E-state index contributed by atoms with van der Waals surface area (Å²) in [6.45, 7) is 7.06. The molecule has 0 spiro atoms. The highest BCUT2D eigenvalue weighted by Gasteiger charge is 2.15. The van der Waals surface area contributed by atoms with Gasteiger partial charge in [0.15, 0.2) is 0 Å². The summed E-state index contributed by atoms with van der Waals surface area (Å²) in [5, 5.41) is 0. The Balaban J connectivity index is 2.99. The summed E-state index contributed by atoms with van der Waals surface area (Å²) in [4.78, 5) is 19.1. The predicted octanol–water partition coefficient (Wildman–Crippen LogP) is 0.544. The van der Waals surface area contributed by atoms with E-state index < -0.39 is 0 Å². The van der Waals surface area contributed by atoms with Crippen molar-refractivity contribution in [3.05, 3.63) is 0 Å². The fraction of sp³-hybridized carbons (Fsp3) is 0.769. The summed E-state index contributed by atoms with van der Waals surface area (Å²) in [7, 11) is 7.90. The minimum absolute atomic E-state index is 0.261. The number of likely N-dealkylation sites (N-methyl/N-ethyl adjacent to an activating group) is 1. The quantitative estimate of drug-likeness (QED) is 0.782. The lowest BCUT2D eigenvalue weighted by molar-refractivity contribution is 0.407. The lowest BCUT2D eigenvalue weighted by atomic mass is 10.2. The van der Waals surface area contributed by atoms with Gasteiger partial charge in [0.2, 0.25) is 17.8 Å². The molecule has 0 radical (unpaired) electrons. The predicted molar refractivity (Wildman–Crippen MR) is 84.2 cm³/mol. The molecule has 114 valence electrons. The maximum absolute atomic E-state index is 5.80. The van der Waals surface area contributed by atoms with E-state index in [1.807, 2.05) is 19.0 Å². The molecule has 0 aliphatic rings. The molecule has 0 atom stereocenters. The summed E-state index contributed by atoms with van der Waals surface area (Å²) in [6, 6.07) is 0. The number of nitrogen functional groups attached to an aromatic ring is 1. The second kappa shape index (κ2) is 7.23. The molecule has 20 heavy (non-hydrogen) atoms. The van der Waals surface area contributed by atoms with Gasteiger partial charge in [0, 0.05) is 33.7 Å². The Morgan fingerprint density at radius 3 is 2.05 bits per heavy atom. The summed E-state index contributed by atoms with van der Waals surface area (Å²) >= 11 is 0. The normalized spacial score (nSPS) is 11.2. The van der Waals surface area contributed by atoms with Crippen molar-refractivity contribution in [2.24, 2.45) is 5.92 Å². The van der Waals surface area contributed by atoms with Crippen molar-refractivity contribution >= 4 is 17.8 Å². The van der Waals surface area contributed by atoms with Gasteiger partial charge >= 0.3 is 0 Å². The molecule has 0 unspecified atom stereocenters. The number of hydrogen-bond donors (Lipinski definition) is 1. The van der Waals surface area contributed by atoms with Crippen LogP contribution in [0.1, 0.15) is 13.8 Å². The van der Waals surface area contributed by atoms with Crippen molar-refractivity contribution in [1.29, 1.82) is 0 Å². The number of anilines is 3. The van der Waals surface area contributed by atoms with Gasteiger partial charge in [0.1, 0.15) is 0 Å². The van der Waals surface area contributed by atoms with Crippen LogP contribution in [0, 0.1) is 5.92 Å². The van der Waals surface area contributed by atoms with Gasteiger partial charge in [0.05, 0.1) is 0 Å². The lowest BCUT2D eigenvalue weighted by Gasteiger charge is -2.26. The first-order chi connectivity index (χ1) is 9.29. The van der Waals surface area contributed by atoms with Crippen LogP contribution in [0.4, 0.5) is 17.8 Å². The molecular weight excluding hydrogens is 254 g/mol. The molecule has 0 fully saturated rings. The molecule has 0 bridgehead atoms. The van der Waals surface area contributed by atoms with E-state index in [0.29, 0.717) is 17.8 Å². The Kier molecular flexibility index (Phi) is 5.94. The van der Waals surface area contributed by atoms with Crippen molar-refractivity contribution in [1.82, 2.24) is 19.9 Å². The molecule has 2 N–H and O–H groups in total. The first kappa shape index (κ1) is 16.4. The molecule has 1 heterocycles. The molecule has 0 amide bonds. The summed E-state index contributed by atoms with van der Waals surface area (Å²) < 4.78 is 0. The van der Waals surface area contributed by atoms with Crippen LogP contribution in [0.3, 0.4) is 0 Å². The Bertz CT molecular complexity index is 417. The van der Waals surface area contributed by atoms with E-state index in [-0.39, 0.29) is 5.95 Å². The smallest absolute Gasteiger partial charge is 0.232 e. The molecule has 0 saturated heterocycles.